The van der Waals surface area contributed by atoms with Gasteiger partial charge in [-0.3, -0.25) is 0 Å². The van der Waals surface area contributed by atoms with Crippen LogP contribution in [-0.4, -0.2) is 6.61 Å². The first-order valence-corrected chi connectivity index (χ1v) is 4.38. The molecule has 0 radical (unpaired) electrons. The van der Waals surface area contributed by atoms with E-state index in [1.807, 2.05) is 0 Å². The van der Waals surface area contributed by atoms with E-state index >= 15 is 0 Å². The van der Waals surface area contributed by atoms with Crippen molar-refractivity contribution in [3.63, 3.8) is 0 Å². The molecule has 0 saturated carbocycles. The van der Waals surface area contributed by atoms with Crippen molar-refractivity contribution in [2.45, 2.75) is 20.3 Å². The maximum absolute atomic E-state index is 5.14. The predicted octanol–water partition coefficient (Wildman–Crippen LogP) is -6.86. The average Bonchev–Trinajstić information content (AvgIpc) is 2.13. The van der Waals surface area contributed by atoms with Crippen LogP contribution in [0.2, 0.25) is 0 Å². The maximum Gasteiger partial charge on any atom is -1.00 e. The monoisotopic (exact) mass is 318 g/mol. The van der Waals surface area contributed by atoms with E-state index in [4.69, 9.17) is 2.81 Å². The van der Waals surface area contributed by atoms with Gasteiger partial charge in [0.25, 0.3) is 0 Å². The van der Waals surface area contributed by atoms with Crippen LogP contribution in [0.1, 0.15) is 20.3 Å². The molecule has 0 aromatic rings. The van der Waals surface area contributed by atoms with Crippen molar-refractivity contribution in [3.05, 3.63) is 22.8 Å². The van der Waals surface area contributed by atoms with Crippen molar-refractivity contribution < 1.29 is 65.2 Å². The Hall–Kier alpha value is 1.19. The van der Waals surface area contributed by atoms with E-state index in [0.717, 1.165) is 13.0 Å². The van der Waals surface area contributed by atoms with Gasteiger partial charge >= 0.3 is 77.6 Å². The topological polar surface area (TPSA) is 9.23 Å². The molecular weight excluding hydrogens is 310 g/mol. The van der Waals surface area contributed by atoms with Gasteiger partial charge in [-0.15, -0.1) is 0 Å². The molecule has 0 heterocycles. The second-order valence-corrected chi connectivity index (χ2v) is 3.45. The van der Waals surface area contributed by atoms with Gasteiger partial charge < -0.3 is 37.2 Å². The summed E-state index contributed by atoms with van der Waals surface area (Å²) in [4.78, 5) is 0. The molecule has 0 bridgehead atoms. The van der Waals surface area contributed by atoms with E-state index in [1.165, 1.54) is 41.9 Å². The Morgan fingerprint density at radius 1 is 1.31 bits per heavy atom. The van der Waals surface area contributed by atoms with Crippen LogP contribution >= 0.6 is 0 Å². The van der Waals surface area contributed by atoms with Crippen LogP contribution in [0, 0.1) is 0 Å². The summed E-state index contributed by atoms with van der Waals surface area (Å²) < 4.78 is 5.14. The van der Waals surface area contributed by atoms with Gasteiger partial charge in [-0.05, 0) is 0 Å². The Bertz CT molecular complexity index is 202. The molecule has 1 rings (SSSR count). The molecule has 1 aliphatic rings. The largest absolute Gasteiger partial charge is 1.00 e. The molecule has 0 atom stereocenters. The summed E-state index contributed by atoms with van der Waals surface area (Å²) in [5, 5.41) is 0. The van der Waals surface area contributed by atoms with Crippen LogP contribution in [0.3, 0.4) is 0 Å². The van der Waals surface area contributed by atoms with Crippen LogP contribution < -0.4 is 37.2 Å². The number of halogens is 3. The van der Waals surface area contributed by atoms with Crippen molar-refractivity contribution in [2.75, 3.05) is 6.61 Å². The summed E-state index contributed by atoms with van der Waals surface area (Å²) in [6.07, 6.45) is 3.37. The molecular formula is C8H11Cl3OZr. The first kappa shape index (κ1) is 19.7. The molecule has 0 unspecified atom stereocenters. The fourth-order valence-corrected chi connectivity index (χ4v) is 1.68. The third kappa shape index (κ3) is 6.30. The molecule has 0 N–H and O–H groups in total. The van der Waals surface area contributed by atoms with Crippen molar-refractivity contribution in [2.24, 2.45) is 0 Å². The fraction of sp³-hybridized carbons (Fsp3) is 0.500. The Kier molecular flexibility index (Phi) is 14.8. The van der Waals surface area contributed by atoms with Gasteiger partial charge in [0.2, 0.25) is 0 Å². The Morgan fingerprint density at radius 2 is 1.85 bits per heavy atom. The molecule has 5 heteroatoms. The second-order valence-electron chi connectivity index (χ2n) is 2.74. The van der Waals surface area contributed by atoms with Gasteiger partial charge in [0, 0.05) is 0 Å². The molecule has 1 nitrogen and oxygen atoms in total. The van der Waals surface area contributed by atoms with Crippen LogP contribution in [0.4, 0.5) is 0 Å². The zero-order chi connectivity index (χ0) is 7.56. The number of allylic oxidation sites excluding steroid dienone is 3. The minimum absolute atomic E-state index is 0. The summed E-state index contributed by atoms with van der Waals surface area (Å²) in [7, 11) is 0. The van der Waals surface area contributed by atoms with Crippen LogP contribution in [0.25, 0.3) is 0 Å². The molecule has 0 aromatic heterocycles. The van der Waals surface area contributed by atoms with E-state index < -0.39 is 0 Å². The first-order chi connectivity index (χ1) is 4.74. The smallest absolute Gasteiger partial charge is 1.00 e. The predicted molar refractivity (Wildman–Crippen MR) is 37.0 cm³/mol. The molecule has 74 valence electrons. The van der Waals surface area contributed by atoms with E-state index in [0.29, 0.717) is 0 Å². The summed E-state index contributed by atoms with van der Waals surface area (Å²) in [6, 6.07) is 0. The molecule has 0 fully saturated rings. The molecule has 0 saturated heterocycles. The summed E-state index contributed by atoms with van der Waals surface area (Å²) >= 11 is 1.17. The molecule has 0 aromatic carbocycles. The molecule has 13 heavy (non-hydrogen) atoms. The van der Waals surface area contributed by atoms with E-state index in [1.54, 1.807) is 0 Å². The maximum atomic E-state index is 5.14. The normalized spacial score (nSPS) is 14.0. The van der Waals surface area contributed by atoms with Crippen LogP contribution in [-0.2, 0) is 28.0 Å². The van der Waals surface area contributed by atoms with Crippen molar-refractivity contribution in [1.82, 2.24) is 0 Å². The van der Waals surface area contributed by atoms with Gasteiger partial charge in [0.1, 0.15) is 0 Å². The Labute approximate surface area is 114 Å². The number of hydrogen-bond donors (Lipinski definition) is 0. The third-order valence-electron chi connectivity index (χ3n) is 1.76. The van der Waals surface area contributed by atoms with E-state index in [2.05, 4.69) is 19.9 Å². The minimum Gasteiger partial charge on any atom is -1.00 e. The molecule has 0 amide bonds. The number of hydrogen-bond acceptors (Lipinski definition) is 1. The average molecular weight is 321 g/mol. The van der Waals surface area contributed by atoms with Crippen LogP contribution in [0.15, 0.2) is 22.8 Å². The summed E-state index contributed by atoms with van der Waals surface area (Å²) in [6.45, 7) is 5.15. The van der Waals surface area contributed by atoms with Crippen molar-refractivity contribution in [1.29, 1.82) is 0 Å². The SMILES string of the molecule is CC1=CC(C)=C(C[O][Zr+3])C1.[Cl-].[Cl-].[Cl-]. The van der Waals surface area contributed by atoms with Gasteiger partial charge in [-0.2, -0.15) is 0 Å². The van der Waals surface area contributed by atoms with Gasteiger partial charge in [0.15, 0.2) is 0 Å². The Morgan fingerprint density at radius 3 is 2.15 bits per heavy atom. The summed E-state index contributed by atoms with van der Waals surface area (Å²) in [5.74, 6) is 0. The zero-order valence-corrected chi connectivity index (χ0v) is 12.3. The van der Waals surface area contributed by atoms with Gasteiger partial charge in [-0.25, -0.2) is 0 Å². The van der Waals surface area contributed by atoms with Crippen LogP contribution in [0.5, 0.6) is 0 Å². The Balaban J connectivity index is -0.000000333. The second kappa shape index (κ2) is 9.74. The summed E-state index contributed by atoms with van der Waals surface area (Å²) in [5.41, 5.74) is 4.31. The first-order valence-electron chi connectivity index (χ1n) is 3.38. The molecule has 0 spiro atoms. The van der Waals surface area contributed by atoms with Crippen molar-refractivity contribution in [3.8, 4) is 0 Å². The standard InChI is InChI=1S/C8H11O.3ClH.Zr/c1-6-3-7(2)8(4-6)5-9;;;;/h3H,4-5H2,1-2H3;3*1H;/q-1;;;;+4/p-3. The van der Waals surface area contributed by atoms with Crippen molar-refractivity contribution >= 4 is 0 Å². The van der Waals surface area contributed by atoms with Gasteiger partial charge in [0.05, 0.1) is 0 Å². The van der Waals surface area contributed by atoms with E-state index in [9.17, 15) is 0 Å². The molecule has 1 aliphatic carbocycles. The zero-order valence-electron chi connectivity index (χ0n) is 7.53. The number of rotatable bonds is 2. The minimum atomic E-state index is 0. The quantitative estimate of drug-likeness (QED) is 0.491. The van der Waals surface area contributed by atoms with E-state index in [-0.39, 0.29) is 37.2 Å². The molecule has 0 aliphatic heterocycles. The van der Waals surface area contributed by atoms with Gasteiger partial charge in [-0.1, -0.05) is 0 Å². The third-order valence-corrected chi connectivity index (χ3v) is 2.11. The fourth-order valence-electron chi connectivity index (χ4n) is 1.25.